The molecule has 1 aliphatic heterocycles. The number of nitrogens with one attached hydrogen (secondary N) is 1. The second-order valence-electron chi connectivity index (χ2n) is 5.11. The van der Waals surface area contributed by atoms with Gasteiger partial charge in [0, 0.05) is 25.3 Å². The Balaban J connectivity index is 0.00000264. The third kappa shape index (κ3) is 6.92. The summed E-state index contributed by atoms with van der Waals surface area (Å²) in [6.45, 7) is 2.39. The molecule has 1 fully saturated rings. The molecular formula is C14H23IN4O3S. The van der Waals surface area contributed by atoms with E-state index in [2.05, 4.69) is 15.2 Å². The van der Waals surface area contributed by atoms with Gasteiger partial charge in [0.25, 0.3) is 0 Å². The number of anilines is 1. The SMILES string of the molecule is COc1ccc(NC(N)=NCCN2CCS(=O)(=O)CC2)cc1.I. The minimum Gasteiger partial charge on any atom is -0.497 e. The van der Waals surface area contributed by atoms with Gasteiger partial charge < -0.3 is 15.8 Å². The van der Waals surface area contributed by atoms with Gasteiger partial charge in [-0.3, -0.25) is 9.89 Å². The molecule has 0 aromatic heterocycles. The number of methoxy groups -OCH3 is 1. The lowest BCUT2D eigenvalue weighted by Crippen LogP contribution is -2.41. The molecule has 0 atom stereocenters. The van der Waals surface area contributed by atoms with Crippen molar-refractivity contribution in [3.8, 4) is 5.75 Å². The smallest absolute Gasteiger partial charge is 0.193 e. The van der Waals surface area contributed by atoms with E-state index in [1.165, 1.54) is 0 Å². The molecule has 9 heteroatoms. The molecule has 0 spiro atoms. The third-order valence-electron chi connectivity index (χ3n) is 3.50. The van der Waals surface area contributed by atoms with Crippen molar-refractivity contribution in [3.05, 3.63) is 24.3 Å². The molecule has 130 valence electrons. The highest BCUT2D eigenvalue weighted by Gasteiger charge is 2.20. The average Bonchev–Trinajstić information content (AvgIpc) is 2.50. The summed E-state index contributed by atoms with van der Waals surface area (Å²) in [7, 11) is -1.21. The zero-order valence-electron chi connectivity index (χ0n) is 13.1. The van der Waals surface area contributed by atoms with Crippen LogP contribution in [0.25, 0.3) is 0 Å². The van der Waals surface area contributed by atoms with E-state index >= 15 is 0 Å². The molecule has 23 heavy (non-hydrogen) atoms. The van der Waals surface area contributed by atoms with E-state index in [9.17, 15) is 8.42 Å². The van der Waals surface area contributed by atoms with E-state index in [4.69, 9.17) is 10.5 Å². The van der Waals surface area contributed by atoms with Crippen molar-refractivity contribution in [2.45, 2.75) is 0 Å². The molecule has 1 aliphatic rings. The first-order valence-electron chi connectivity index (χ1n) is 7.12. The summed E-state index contributed by atoms with van der Waals surface area (Å²) < 4.78 is 27.8. The fourth-order valence-electron chi connectivity index (χ4n) is 2.15. The monoisotopic (exact) mass is 454 g/mol. The largest absolute Gasteiger partial charge is 0.497 e. The van der Waals surface area contributed by atoms with E-state index in [1.807, 2.05) is 24.3 Å². The minimum absolute atomic E-state index is 0. The Morgan fingerprint density at radius 1 is 1.30 bits per heavy atom. The molecule has 0 aliphatic carbocycles. The summed E-state index contributed by atoms with van der Waals surface area (Å²) in [5.74, 6) is 1.59. The maximum absolute atomic E-state index is 11.3. The second-order valence-corrected chi connectivity index (χ2v) is 7.42. The summed E-state index contributed by atoms with van der Waals surface area (Å²) in [6, 6.07) is 7.39. The molecule has 1 aromatic rings. The number of sulfone groups is 1. The van der Waals surface area contributed by atoms with Crippen LogP contribution in [-0.2, 0) is 9.84 Å². The van der Waals surface area contributed by atoms with E-state index in [0.29, 0.717) is 32.1 Å². The molecule has 0 unspecified atom stereocenters. The molecule has 0 radical (unpaired) electrons. The topological polar surface area (TPSA) is 97.0 Å². The van der Waals surface area contributed by atoms with Crippen molar-refractivity contribution in [1.29, 1.82) is 0 Å². The molecule has 0 amide bonds. The number of halogens is 1. The number of nitrogens with two attached hydrogens (primary N) is 1. The fraction of sp³-hybridized carbons (Fsp3) is 0.500. The molecule has 1 heterocycles. The highest BCUT2D eigenvalue weighted by atomic mass is 127. The van der Waals surface area contributed by atoms with E-state index < -0.39 is 9.84 Å². The summed E-state index contributed by atoms with van der Waals surface area (Å²) in [4.78, 5) is 6.34. The standard InChI is InChI=1S/C14H22N4O3S.HI/c1-21-13-4-2-12(3-5-13)17-14(15)16-6-7-18-8-10-22(19,20)11-9-18;/h2-5H,6-11H2,1H3,(H3,15,16,17);1H. The fourth-order valence-corrected chi connectivity index (χ4v) is 3.42. The van der Waals surface area contributed by atoms with E-state index in [-0.39, 0.29) is 35.5 Å². The zero-order chi connectivity index (χ0) is 16.0. The van der Waals surface area contributed by atoms with Crippen LogP contribution in [0.15, 0.2) is 29.3 Å². The number of ether oxygens (including phenoxy) is 1. The molecular weight excluding hydrogens is 431 g/mol. The number of rotatable bonds is 5. The molecule has 2 rings (SSSR count). The lowest BCUT2D eigenvalue weighted by Gasteiger charge is -2.25. The van der Waals surface area contributed by atoms with Crippen molar-refractivity contribution in [3.63, 3.8) is 0 Å². The first-order valence-corrected chi connectivity index (χ1v) is 8.94. The third-order valence-corrected chi connectivity index (χ3v) is 5.11. The van der Waals surface area contributed by atoms with Gasteiger partial charge in [-0.25, -0.2) is 8.42 Å². The Morgan fingerprint density at radius 2 is 1.91 bits per heavy atom. The highest BCUT2D eigenvalue weighted by Crippen LogP contribution is 2.14. The van der Waals surface area contributed by atoms with Crippen LogP contribution in [0.1, 0.15) is 0 Å². The number of guanidine groups is 1. The maximum Gasteiger partial charge on any atom is 0.193 e. The van der Waals surface area contributed by atoms with Crippen molar-refractivity contribution in [2.24, 2.45) is 10.7 Å². The Morgan fingerprint density at radius 3 is 2.48 bits per heavy atom. The Labute approximate surface area is 154 Å². The van der Waals surface area contributed by atoms with Gasteiger partial charge in [0.2, 0.25) is 0 Å². The van der Waals surface area contributed by atoms with Gasteiger partial charge in [0.1, 0.15) is 5.75 Å². The van der Waals surface area contributed by atoms with Crippen LogP contribution in [0.4, 0.5) is 5.69 Å². The maximum atomic E-state index is 11.3. The van der Waals surface area contributed by atoms with Crippen LogP contribution in [-0.4, -0.2) is 64.1 Å². The quantitative estimate of drug-likeness (QED) is 0.388. The number of hydrogen-bond donors (Lipinski definition) is 2. The van der Waals surface area contributed by atoms with Crippen LogP contribution >= 0.6 is 24.0 Å². The zero-order valence-corrected chi connectivity index (χ0v) is 16.2. The second kappa shape index (κ2) is 9.28. The van der Waals surface area contributed by atoms with Crippen molar-refractivity contribution in [1.82, 2.24) is 4.90 Å². The lowest BCUT2D eigenvalue weighted by atomic mass is 10.3. The lowest BCUT2D eigenvalue weighted by molar-refractivity contribution is 0.304. The molecule has 0 saturated carbocycles. The number of nitrogens with zero attached hydrogens (tertiary/aromatic N) is 2. The highest BCUT2D eigenvalue weighted by molar-refractivity contribution is 14.0. The van der Waals surface area contributed by atoms with Gasteiger partial charge in [-0.05, 0) is 24.3 Å². The summed E-state index contributed by atoms with van der Waals surface area (Å²) in [6.07, 6.45) is 0. The summed E-state index contributed by atoms with van der Waals surface area (Å²) in [5, 5.41) is 3.00. The first-order chi connectivity index (χ1) is 10.5. The van der Waals surface area contributed by atoms with E-state index in [1.54, 1.807) is 7.11 Å². The van der Waals surface area contributed by atoms with Crippen LogP contribution in [0.2, 0.25) is 0 Å². The van der Waals surface area contributed by atoms with Crippen LogP contribution < -0.4 is 15.8 Å². The van der Waals surface area contributed by atoms with Gasteiger partial charge in [0.05, 0.1) is 25.2 Å². The Kier molecular flexibility index (Phi) is 8.06. The average molecular weight is 454 g/mol. The van der Waals surface area contributed by atoms with Crippen LogP contribution in [0.5, 0.6) is 5.75 Å². The Hall–Kier alpha value is -1.07. The van der Waals surface area contributed by atoms with Crippen molar-refractivity contribution >= 4 is 45.5 Å². The number of hydrogen-bond acceptors (Lipinski definition) is 5. The number of benzene rings is 1. The summed E-state index contributed by atoms with van der Waals surface area (Å²) in [5.41, 5.74) is 6.67. The van der Waals surface area contributed by atoms with Crippen molar-refractivity contribution < 1.29 is 13.2 Å². The van der Waals surface area contributed by atoms with Gasteiger partial charge >= 0.3 is 0 Å². The molecule has 7 nitrogen and oxygen atoms in total. The van der Waals surface area contributed by atoms with Gasteiger partial charge in [0.15, 0.2) is 15.8 Å². The molecule has 1 aromatic carbocycles. The van der Waals surface area contributed by atoms with Crippen LogP contribution in [0, 0.1) is 0 Å². The van der Waals surface area contributed by atoms with Crippen LogP contribution in [0.3, 0.4) is 0 Å². The predicted octanol–water partition coefficient (Wildman–Crippen LogP) is 0.770. The van der Waals surface area contributed by atoms with Gasteiger partial charge in [-0.2, -0.15) is 0 Å². The van der Waals surface area contributed by atoms with Gasteiger partial charge in [-0.15, -0.1) is 24.0 Å². The number of aliphatic imine (C=N–C) groups is 1. The van der Waals surface area contributed by atoms with E-state index in [0.717, 1.165) is 11.4 Å². The molecule has 3 N–H and O–H groups in total. The normalized spacial score (nSPS) is 18.0. The summed E-state index contributed by atoms with van der Waals surface area (Å²) >= 11 is 0. The van der Waals surface area contributed by atoms with Gasteiger partial charge in [-0.1, -0.05) is 0 Å². The molecule has 0 bridgehead atoms. The molecule has 1 saturated heterocycles. The minimum atomic E-state index is -2.83. The van der Waals surface area contributed by atoms with Crippen molar-refractivity contribution in [2.75, 3.05) is 50.1 Å². The predicted molar refractivity (Wildman–Crippen MR) is 104 cm³/mol. The Bertz CT molecular complexity index is 605. The first kappa shape index (κ1) is 20.0.